The topological polar surface area (TPSA) is 26.3 Å². The fourth-order valence-corrected chi connectivity index (χ4v) is 1.79. The smallest absolute Gasteiger partial charge is 0.198 e. The van der Waals surface area contributed by atoms with Gasteiger partial charge in [0.1, 0.15) is 12.0 Å². The van der Waals surface area contributed by atoms with E-state index in [9.17, 15) is 13.6 Å². The summed E-state index contributed by atoms with van der Waals surface area (Å²) in [5.41, 5.74) is 0.803. The maximum atomic E-state index is 13.6. The number of carbonyl (C=O) groups excluding carboxylic acids is 1. The normalized spacial score (nSPS) is 10.3. The van der Waals surface area contributed by atoms with Gasteiger partial charge in [0, 0.05) is 10.0 Å². The fourth-order valence-electron chi connectivity index (χ4n) is 1.54. The number of hydrogen-bond acceptors (Lipinski definition) is 2. The molecule has 0 N–H and O–H groups in total. The molecule has 0 radical (unpaired) electrons. The summed E-state index contributed by atoms with van der Waals surface area (Å²) in [5.74, 6) is -2.03. The van der Waals surface area contributed by atoms with Crippen LogP contribution in [-0.4, -0.2) is 6.29 Å². The van der Waals surface area contributed by atoms with Crippen LogP contribution in [0, 0.1) is 18.6 Å². The molecule has 19 heavy (non-hydrogen) atoms. The van der Waals surface area contributed by atoms with Crippen LogP contribution in [0.15, 0.2) is 34.8 Å². The van der Waals surface area contributed by atoms with Gasteiger partial charge in [0.15, 0.2) is 17.4 Å². The summed E-state index contributed by atoms with van der Waals surface area (Å²) in [4.78, 5) is 10.5. The van der Waals surface area contributed by atoms with Crippen molar-refractivity contribution in [2.24, 2.45) is 0 Å². The first-order chi connectivity index (χ1) is 9.01. The van der Waals surface area contributed by atoms with Gasteiger partial charge in [-0.15, -0.1) is 0 Å². The van der Waals surface area contributed by atoms with E-state index in [1.54, 1.807) is 18.2 Å². The van der Waals surface area contributed by atoms with Crippen molar-refractivity contribution in [3.05, 3.63) is 57.6 Å². The summed E-state index contributed by atoms with van der Waals surface area (Å²) in [6.07, 6.45) is 0.375. The van der Waals surface area contributed by atoms with Crippen molar-refractivity contribution in [2.45, 2.75) is 6.92 Å². The van der Waals surface area contributed by atoms with E-state index in [0.717, 1.165) is 22.2 Å². The first kappa shape index (κ1) is 13.7. The summed E-state index contributed by atoms with van der Waals surface area (Å²) in [6.45, 7) is 1.83. The van der Waals surface area contributed by atoms with Gasteiger partial charge in [-0.1, -0.05) is 15.9 Å². The summed E-state index contributed by atoms with van der Waals surface area (Å²) in [6, 6.07) is 6.81. The van der Waals surface area contributed by atoms with Gasteiger partial charge in [-0.25, -0.2) is 8.78 Å². The predicted molar refractivity (Wildman–Crippen MR) is 70.7 cm³/mol. The highest BCUT2D eigenvalue weighted by Gasteiger charge is 2.13. The van der Waals surface area contributed by atoms with Gasteiger partial charge >= 0.3 is 0 Å². The molecule has 0 saturated carbocycles. The number of hydrogen-bond donors (Lipinski definition) is 0. The van der Waals surface area contributed by atoms with Crippen molar-refractivity contribution in [1.29, 1.82) is 0 Å². The fraction of sp³-hybridized carbons (Fsp3) is 0.0714. The van der Waals surface area contributed by atoms with Crippen LogP contribution < -0.4 is 4.74 Å². The molecule has 0 bridgehead atoms. The largest absolute Gasteiger partial charge is 0.451 e. The Kier molecular flexibility index (Phi) is 3.95. The number of benzene rings is 2. The average molecular weight is 327 g/mol. The first-order valence-electron chi connectivity index (χ1n) is 5.39. The molecular formula is C14H9BrF2O2. The van der Waals surface area contributed by atoms with Crippen molar-refractivity contribution in [3.63, 3.8) is 0 Å². The van der Waals surface area contributed by atoms with Crippen LogP contribution >= 0.6 is 15.9 Å². The maximum absolute atomic E-state index is 13.6. The Morgan fingerprint density at radius 2 is 1.79 bits per heavy atom. The Balaban J connectivity index is 2.38. The van der Waals surface area contributed by atoms with Gasteiger partial charge in [-0.2, -0.15) is 0 Å². The van der Waals surface area contributed by atoms with Crippen LogP contribution in [0.3, 0.4) is 0 Å². The molecule has 0 aliphatic rings. The molecule has 0 atom stereocenters. The molecule has 2 nitrogen and oxygen atoms in total. The summed E-state index contributed by atoms with van der Waals surface area (Å²) < 4.78 is 33.3. The quantitative estimate of drug-likeness (QED) is 0.768. The average Bonchev–Trinajstić information content (AvgIpc) is 2.37. The summed E-state index contributed by atoms with van der Waals surface area (Å²) in [5, 5.41) is 0. The zero-order valence-corrected chi connectivity index (χ0v) is 11.5. The van der Waals surface area contributed by atoms with E-state index in [0.29, 0.717) is 12.0 Å². The molecule has 0 unspecified atom stereocenters. The highest BCUT2D eigenvalue weighted by molar-refractivity contribution is 9.10. The lowest BCUT2D eigenvalue weighted by Crippen LogP contribution is -1.95. The number of ether oxygens (including phenoxy) is 1. The lowest BCUT2D eigenvalue weighted by atomic mass is 10.2. The Morgan fingerprint density at radius 3 is 2.32 bits per heavy atom. The van der Waals surface area contributed by atoms with E-state index in [1.807, 2.05) is 6.92 Å². The van der Waals surface area contributed by atoms with Crippen molar-refractivity contribution in [3.8, 4) is 11.5 Å². The molecule has 2 aromatic carbocycles. The second kappa shape index (κ2) is 5.48. The molecule has 2 aromatic rings. The van der Waals surface area contributed by atoms with Gasteiger partial charge in [0.05, 0.1) is 0 Å². The van der Waals surface area contributed by atoms with Gasteiger partial charge in [0.25, 0.3) is 0 Å². The summed E-state index contributed by atoms with van der Waals surface area (Å²) in [7, 11) is 0. The third-order valence-corrected chi connectivity index (χ3v) is 3.40. The van der Waals surface area contributed by atoms with Crippen molar-refractivity contribution in [2.75, 3.05) is 0 Å². The molecule has 98 valence electrons. The highest BCUT2D eigenvalue weighted by atomic mass is 79.9. The van der Waals surface area contributed by atoms with E-state index in [2.05, 4.69) is 15.9 Å². The molecule has 0 fully saturated rings. The van der Waals surface area contributed by atoms with E-state index in [4.69, 9.17) is 4.74 Å². The number of rotatable bonds is 3. The molecule has 2 rings (SSSR count). The molecule has 0 amide bonds. The minimum Gasteiger partial charge on any atom is -0.451 e. The lowest BCUT2D eigenvalue weighted by molar-refractivity contribution is 0.112. The second-order valence-corrected chi connectivity index (χ2v) is 4.80. The van der Waals surface area contributed by atoms with E-state index in [-0.39, 0.29) is 5.56 Å². The molecule has 0 spiro atoms. The van der Waals surface area contributed by atoms with E-state index in [1.165, 1.54) is 0 Å². The SMILES string of the molecule is Cc1cc(Oc2c(F)cc(C=O)cc2F)ccc1Br. The van der Waals surface area contributed by atoms with Gasteiger partial charge in [-0.3, -0.25) is 4.79 Å². The Labute approximate surface area is 117 Å². The van der Waals surface area contributed by atoms with Crippen LogP contribution in [0.2, 0.25) is 0 Å². The highest BCUT2D eigenvalue weighted by Crippen LogP contribution is 2.30. The molecule has 0 saturated heterocycles. The van der Waals surface area contributed by atoms with Crippen LogP contribution in [0.5, 0.6) is 11.5 Å². The van der Waals surface area contributed by atoms with Crippen molar-refractivity contribution < 1.29 is 18.3 Å². The minimum atomic E-state index is -0.914. The van der Waals surface area contributed by atoms with Crippen LogP contribution in [-0.2, 0) is 0 Å². The molecule has 5 heteroatoms. The van der Waals surface area contributed by atoms with Crippen LogP contribution in [0.4, 0.5) is 8.78 Å². The monoisotopic (exact) mass is 326 g/mol. The Morgan fingerprint density at radius 1 is 1.16 bits per heavy atom. The predicted octanol–water partition coefficient (Wildman–Crippen LogP) is 4.64. The van der Waals surface area contributed by atoms with Gasteiger partial charge in [-0.05, 0) is 42.8 Å². The summed E-state index contributed by atoms with van der Waals surface area (Å²) >= 11 is 3.32. The number of aldehydes is 1. The van der Waals surface area contributed by atoms with E-state index < -0.39 is 17.4 Å². The zero-order chi connectivity index (χ0) is 14.0. The molecule has 0 aliphatic carbocycles. The number of halogens is 3. The maximum Gasteiger partial charge on any atom is 0.198 e. The second-order valence-electron chi connectivity index (χ2n) is 3.94. The van der Waals surface area contributed by atoms with Gasteiger partial charge < -0.3 is 4.74 Å². The third kappa shape index (κ3) is 2.98. The lowest BCUT2D eigenvalue weighted by Gasteiger charge is -2.09. The Hall–Kier alpha value is -1.75. The van der Waals surface area contributed by atoms with Crippen molar-refractivity contribution in [1.82, 2.24) is 0 Å². The molecule has 0 heterocycles. The van der Waals surface area contributed by atoms with Crippen LogP contribution in [0.1, 0.15) is 15.9 Å². The number of carbonyl (C=O) groups is 1. The van der Waals surface area contributed by atoms with Crippen molar-refractivity contribution >= 4 is 22.2 Å². The first-order valence-corrected chi connectivity index (χ1v) is 6.19. The Bertz CT molecular complexity index is 618. The number of aryl methyl sites for hydroxylation is 1. The standard InChI is InChI=1S/C14H9BrF2O2/c1-8-4-10(2-3-11(8)15)19-14-12(16)5-9(7-18)6-13(14)17/h2-7H,1H3. The molecular weight excluding hydrogens is 318 g/mol. The minimum absolute atomic E-state index is 0.0747. The molecule has 0 aromatic heterocycles. The van der Waals surface area contributed by atoms with Crippen LogP contribution in [0.25, 0.3) is 0 Å². The molecule has 0 aliphatic heterocycles. The zero-order valence-electron chi connectivity index (χ0n) is 9.91. The third-order valence-electron chi connectivity index (χ3n) is 2.51. The van der Waals surface area contributed by atoms with E-state index >= 15 is 0 Å². The van der Waals surface area contributed by atoms with Gasteiger partial charge in [0.2, 0.25) is 0 Å².